The van der Waals surface area contributed by atoms with Crippen LogP contribution in [0.2, 0.25) is 0 Å². The zero-order valence-electron chi connectivity index (χ0n) is 9.88. The van der Waals surface area contributed by atoms with Crippen molar-refractivity contribution in [2.75, 3.05) is 7.11 Å². The van der Waals surface area contributed by atoms with Crippen LogP contribution in [0.1, 0.15) is 11.1 Å². The van der Waals surface area contributed by atoms with Crippen LogP contribution in [0.4, 0.5) is 0 Å². The minimum Gasteiger partial charge on any atom is -0.497 e. The van der Waals surface area contributed by atoms with E-state index in [0.717, 1.165) is 0 Å². The van der Waals surface area contributed by atoms with E-state index < -0.39 is 44.6 Å². The maximum Gasteiger partial charge on any atom is 0.341 e. The molecule has 7 nitrogen and oxygen atoms in total. The standard InChI is InChI=1S/C11H11IO7/c1-19-8-2-6(4-9(13)14)11(12(17)18)7(3-8)5-10(15)16/h2-3H,4-5H2,1H3,(H,13,14)(H,15,16). The maximum absolute atomic E-state index is 11.3. The molecule has 0 heterocycles. The molecule has 0 aromatic heterocycles. The summed E-state index contributed by atoms with van der Waals surface area (Å²) in [5, 5.41) is 17.5. The van der Waals surface area contributed by atoms with Crippen LogP contribution in [-0.2, 0) is 28.6 Å². The van der Waals surface area contributed by atoms with Crippen molar-refractivity contribution in [1.29, 1.82) is 0 Å². The Hall–Kier alpha value is -1.71. The number of methoxy groups -OCH3 is 1. The molecule has 1 aromatic carbocycles. The summed E-state index contributed by atoms with van der Waals surface area (Å²) >= 11 is -4.02. The third kappa shape index (κ3) is 4.16. The third-order valence-corrected chi connectivity index (χ3v) is 4.54. The van der Waals surface area contributed by atoms with Gasteiger partial charge in [0, 0.05) is 0 Å². The smallest absolute Gasteiger partial charge is 0.341 e. The Morgan fingerprint density at radius 1 is 1.11 bits per heavy atom. The van der Waals surface area contributed by atoms with E-state index in [0.29, 0.717) is 0 Å². The maximum atomic E-state index is 11.3. The molecule has 0 aliphatic rings. The lowest BCUT2D eigenvalue weighted by Gasteiger charge is -2.10. The number of hydrogen-bond acceptors (Lipinski definition) is 5. The van der Waals surface area contributed by atoms with Gasteiger partial charge in [-0.2, -0.15) is 0 Å². The van der Waals surface area contributed by atoms with Gasteiger partial charge in [0.1, 0.15) is 5.75 Å². The highest BCUT2D eigenvalue weighted by Gasteiger charge is 2.19. The Morgan fingerprint density at radius 3 is 1.79 bits per heavy atom. The Labute approximate surface area is 115 Å². The monoisotopic (exact) mass is 382 g/mol. The number of carbonyl (C=O) groups is 2. The van der Waals surface area contributed by atoms with Crippen LogP contribution in [0.3, 0.4) is 0 Å². The molecule has 0 bridgehead atoms. The summed E-state index contributed by atoms with van der Waals surface area (Å²) in [6, 6.07) is 2.60. The first kappa shape index (κ1) is 15.3. The molecule has 0 fully saturated rings. The average molecular weight is 382 g/mol. The molecule has 2 N–H and O–H groups in total. The topological polar surface area (TPSA) is 118 Å². The van der Waals surface area contributed by atoms with Gasteiger partial charge in [0.05, 0.1) is 23.5 Å². The summed E-state index contributed by atoms with van der Waals surface area (Å²) in [5.41, 5.74) is 0.108. The first-order valence-electron chi connectivity index (χ1n) is 5.03. The van der Waals surface area contributed by atoms with Gasteiger partial charge in [-0.25, -0.2) is 6.14 Å². The van der Waals surface area contributed by atoms with E-state index in [4.69, 9.17) is 14.9 Å². The molecule has 0 atom stereocenters. The first-order chi connectivity index (χ1) is 8.85. The fourth-order valence-electron chi connectivity index (χ4n) is 1.62. The molecule has 0 aliphatic heterocycles. The van der Waals surface area contributed by atoms with E-state index in [2.05, 4.69) is 0 Å². The van der Waals surface area contributed by atoms with Crippen molar-refractivity contribution in [3.8, 4) is 5.75 Å². The van der Waals surface area contributed by atoms with E-state index in [9.17, 15) is 15.7 Å². The molecule has 0 unspecified atom stereocenters. The zero-order valence-corrected chi connectivity index (χ0v) is 12.0. The Bertz CT molecular complexity index is 544. The van der Waals surface area contributed by atoms with E-state index >= 15 is 0 Å². The number of benzene rings is 1. The highest BCUT2D eigenvalue weighted by Crippen LogP contribution is 2.31. The van der Waals surface area contributed by atoms with Crippen molar-refractivity contribution >= 4 is 31.7 Å². The molecule has 1 aromatic rings. The molecular formula is C11H11IO7. The second-order valence-electron chi connectivity index (χ2n) is 3.62. The van der Waals surface area contributed by atoms with Crippen molar-refractivity contribution in [2.45, 2.75) is 12.8 Å². The highest BCUT2D eigenvalue weighted by atomic mass is 127. The minimum absolute atomic E-state index is 0.0540. The molecule has 1 rings (SSSR count). The quantitative estimate of drug-likeness (QED) is 0.713. The molecule has 104 valence electrons. The Balaban J connectivity index is 3.49. The molecule has 0 saturated carbocycles. The van der Waals surface area contributed by atoms with Gasteiger partial charge in [-0.15, -0.1) is 0 Å². The number of aliphatic carboxylic acids is 2. The molecular weight excluding hydrogens is 371 g/mol. The van der Waals surface area contributed by atoms with Gasteiger partial charge in [0.15, 0.2) is 0 Å². The number of halogens is 1. The lowest BCUT2D eigenvalue weighted by atomic mass is 10.1. The lowest BCUT2D eigenvalue weighted by molar-refractivity contribution is -0.137. The summed E-state index contributed by atoms with van der Waals surface area (Å²) in [7, 11) is 1.33. The van der Waals surface area contributed by atoms with Gasteiger partial charge in [-0.1, -0.05) is 0 Å². The van der Waals surface area contributed by atoms with Crippen LogP contribution in [0.15, 0.2) is 12.1 Å². The van der Waals surface area contributed by atoms with Crippen LogP contribution in [-0.4, -0.2) is 29.3 Å². The summed E-state index contributed by atoms with van der Waals surface area (Å²) in [4.78, 5) is 21.5. The molecule has 0 aliphatic carbocycles. The summed E-state index contributed by atoms with van der Waals surface area (Å²) < 4.78 is 27.4. The fourth-order valence-corrected chi connectivity index (χ4v) is 3.44. The predicted octanol–water partition coefficient (Wildman–Crippen LogP) is 1.32. The third-order valence-electron chi connectivity index (χ3n) is 2.27. The van der Waals surface area contributed by atoms with E-state index in [1.54, 1.807) is 0 Å². The van der Waals surface area contributed by atoms with Crippen molar-refractivity contribution in [2.24, 2.45) is 0 Å². The Kier molecular flexibility index (Phi) is 5.21. The second-order valence-corrected chi connectivity index (χ2v) is 5.94. The minimum atomic E-state index is -4.02. The average Bonchev–Trinajstić information content (AvgIpc) is 2.25. The van der Waals surface area contributed by atoms with E-state index in [1.807, 2.05) is 0 Å². The molecule has 19 heavy (non-hydrogen) atoms. The molecule has 0 amide bonds. The molecule has 0 spiro atoms. The van der Waals surface area contributed by atoms with Crippen LogP contribution in [0, 0.1) is 3.57 Å². The van der Waals surface area contributed by atoms with Crippen LogP contribution in [0.25, 0.3) is 0 Å². The van der Waals surface area contributed by atoms with Crippen molar-refractivity contribution < 1.29 is 30.7 Å². The predicted molar refractivity (Wildman–Crippen MR) is 69.8 cm³/mol. The van der Waals surface area contributed by atoms with Crippen molar-refractivity contribution in [1.82, 2.24) is 0 Å². The first-order valence-corrected chi connectivity index (χ1v) is 7.87. The van der Waals surface area contributed by atoms with E-state index in [-0.39, 0.29) is 20.4 Å². The fraction of sp³-hybridized carbons (Fsp3) is 0.273. The number of hydrogen-bond donors (Lipinski definition) is 2. The zero-order chi connectivity index (χ0) is 14.6. The van der Waals surface area contributed by atoms with Crippen LogP contribution < -0.4 is 4.74 Å². The van der Waals surface area contributed by atoms with Crippen LogP contribution >= 0.6 is 19.8 Å². The summed E-state index contributed by atoms with van der Waals surface area (Å²) in [6.07, 6.45) is -1.00. The normalized spacial score (nSPS) is 10.4. The number of carboxylic acids is 2. The van der Waals surface area contributed by atoms with Crippen LogP contribution in [0.5, 0.6) is 5.75 Å². The van der Waals surface area contributed by atoms with Crippen molar-refractivity contribution in [3.63, 3.8) is 0 Å². The van der Waals surface area contributed by atoms with Gasteiger partial charge in [0.2, 0.25) is 0 Å². The van der Waals surface area contributed by atoms with Gasteiger partial charge in [-0.3, -0.25) is 9.59 Å². The number of rotatable bonds is 6. The molecule has 8 heteroatoms. The molecule has 0 saturated heterocycles. The SMILES string of the molecule is COc1cc(CC(=O)O)c(I(=O)=O)c(CC(=O)O)c1. The van der Waals surface area contributed by atoms with E-state index in [1.165, 1.54) is 19.2 Å². The second kappa shape index (κ2) is 6.45. The van der Waals surface area contributed by atoms with Gasteiger partial charge < -0.3 is 14.9 Å². The number of carboxylic acid groups (broad SMARTS) is 2. The van der Waals surface area contributed by atoms with Gasteiger partial charge in [-0.05, 0) is 23.3 Å². The summed E-state index contributed by atoms with van der Waals surface area (Å²) in [6.45, 7) is 0. The highest BCUT2D eigenvalue weighted by molar-refractivity contribution is 14.2. The van der Waals surface area contributed by atoms with Crippen molar-refractivity contribution in [3.05, 3.63) is 26.8 Å². The Morgan fingerprint density at radius 2 is 1.53 bits per heavy atom. The summed E-state index contributed by atoms with van der Waals surface area (Å²) in [5.74, 6) is -2.17. The largest absolute Gasteiger partial charge is 0.497 e. The lowest BCUT2D eigenvalue weighted by Crippen LogP contribution is -2.08. The molecule has 0 radical (unpaired) electrons. The number of ether oxygens (including phenoxy) is 1. The van der Waals surface area contributed by atoms with Gasteiger partial charge >= 0.3 is 31.7 Å². The van der Waals surface area contributed by atoms with Gasteiger partial charge in [0.25, 0.3) is 0 Å².